The van der Waals surface area contributed by atoms with Crippen LogP contribution in [0.2, 0.25) is 0 Å². The minimum Gasteiger partial charge on any atom is -0.327 e. The number of hydrogen-bond acceptors (Lipinski definition) is 4. The number of hydrogen-bond donors (Lipinski definition) is 3. The van der Waals surface area contributed by atoms with E-state index in [0.717, 1.165) is 25.6 Å². The normalized spacial score (nSPS) is 27.1. The van der Waals surface area contributed by atoms with Crippen molar-refractivity contribution in [3.63, 3.8) is 0 Å². The maximum absolute atomic E-state index is 5.68. The number of piperidine rings is 2. The van der Waals surface area contributed by atoms with Crippen molar-refractivity contribution in [2.45, 2.75) is 65.0 Å². The minimum atomic E-state index is 0.425. The molecule has 2 atom stereocenters. The van der Waals surface area contributed by atoms with Gasteiger partial charge in [-0.05, 0) is 51.7 Å². The smallest absolute Gasteiger partial charge is 0.0168 e. The molecule has 20 heavy (non-hydrogen) atoms. The van der Waals surface area contributed by atoms with E-state index >= 15 is 0 Å². The highest BCUT2D eigenvalue weighted by Crippen LogP contribution is 2.04. The molecule has 2 rings (SSSR count). The summed E-state index contributed by atoms with van der Waals surface area (Å²) in [5.74, 6) is 0.884. The molecule has 0 aliphatic carbocycles. The Bertz CT molecular complexity index is 195. The molecule has 0 radical (unpaired) electrons. The molecule has 2 aliphatic rings. The van der Waals surface area contributed by atoms with Gasteiger partial charge in [0.1, 0.15) is 0 Å². The second kappa shape index (κ2) is 12.6. The molecule has 0 aromatic heterocycles. The summed E-state index contributed by atoms with van der Waals surface area (Å²) in [6.07, 6.45) is 6.25. The Labute approximate surface area is 126 Å². The summed E-state index contributed by atoms with van der Waals surface area (Å²) in [4.78, 5) is 2.29. The number of likely N-dealkylation sites (tertiary alicyclic amines) is 1. The van der Waals surface area contributed by atoms with Crippen molar-refractivity contribution in [2.24, 2.45) is 17.4 Å². The predicted molar refractivity (Wildman–Crippen MR) is 89.9 cm³/mol. The maximum Gasteiger partial charge on any atom is 0.0168 e. The summed E-state index contributed by atoms with van der Waals surface area (Å²) in [5, 5.41) is 3.21. The SMILES string of the molecule is CCC(C)C.CN1CCCC(N)C1.NC1CCCNC1. The first-order chi connectivity index (χ1) is 9.45. The zero-order valence-electron chi connectivity index (χ0n) is 14.2. The first-order valence-electron chi connectivity index (χ1n) is 8.36. The van der Waals surface area contributed by atoms with Gasteiger partial charge < -0.3 is 21.7 Å². The second-order valence-electron chi connectivity index (χ2n) is 6.57. The molecule has 0 spiro atoms. The molecule has 4 heteroatoms. The molecule has 2 unspecified atom stereocenters. The summed E-state index contributed by atoms with van der Waals surface area (Å²) in [6, 6.07) is 0.863. The van der Waals surface area contributed by atoms with Crippen LogP contribution in [0.3, 0.4) is 0 Å². The van der Waals surface area contributed by atoms with Crippen LogP contribution in [-0.4, -0.2) is 50.2 Å². The van der Waals surface area contributed by atoms with Crippen LogP contribution < -0.4 is 16.8 Å². The third kappa shape index (κ3) is 12.9. The van der Waals surface area contributed by atoms with Gasteiger partial charge in [0.25, 0.3) is 0 Å². The van der Waals surface area contributed by atoms with Gasteiger partial charge >= 0.3 is 0 Å². The van der Waals surface area contributed by atoms with E-state index in [1.165, 1.54) is 38.6 Å². The van der Waals surface area contributed by atoms with Gasteiger partial charge in [0.15, 0.2) is 0 Å². The van der Waals surface area contributed by atoms with E-state index in [2.05, 4.69) is 38.0 Å². The first-order valence-corrected chi connectivity index (χ1v) is 8.36. The lowest BCUT2D eigenvalue weighted by Crippen LogP contribution is -2.40. The van der Waals surface area contributed by atoms with Gasteiger partial charge in [0.2, 0.25) is 0 Å². The highest BCUT2D eigenvalue weighted by molar-refractivity contribution is 4.71. The van der Waals surface area contributed by atoms with Crippen molar-refractivity contribution in [2.75, 3.05) is 33.2 Å². The van der Waals surface area contributed by atoms with Crippen molar-refractivity contribution in [1.29, 1.82) is 0 Å². The molecule has 4 nitrogen and oxygen atoms in total. The summed E-state index contributed by atoms with van der Waals surface area (Å²) >= 11 is 0. The monoisotopic (exact) mass is 286 g/mol. The lowest BCUT2D eigenvalue weighted by molar-refractivity contribution is 0.252. The molecule has 0 saturated carbocycles. The van der Waals surface area contributed by atoms with Crippen LogP contribution in [0.5, 0.6) is 0 Å². The molecule has 5 N–H and O–H groups in total. The van der Waals surface area contributed by atoms with Gasteiger partial charge in [0.05, 0.1) is 0 Å². The van der Waals surface area contributed by atoms with E-state index < -0.39 is 0 Å². The van der Waals surface area contributed by atoms with Gasteiger partial charge in [-0.1, -0.05) is 27.2 Å². The van der Waals surface area contributed by atoms with E-state index in [1.54, 1.807) is 0 Å². The second-order valence-corrected chi connectivity index (χ2v) is 6.57. The van der Waals surface area contributed by atoms with Gasteiger partial charge in [-0.3, -0.25) is 0 Å². The highest BCUT2D eigenvalue weighted by Gasteiger charge is 2.11. The Kier molecular flexibility index (Phi) is 12.5. The average Bonchev–Trinajstić information content (AvgIpc) is 2.40. The molecule has 122 valence electrons. The predicted octanol–water partition coefficient (Wildman–Crippen LogP) is 1.79. The highest BCUT2D eigenvalue weighted by atomic mass is 15.1. The van der Waals surface area contributed by atoms with Crippen molar-refractivity contribution in [3.05, 3.63) is 0 Å². The van der Waals surface area contributed by atoms with E-state index in [9.17, 15) is 0 Å². The summed E-state index contributed by atoms with van der Waals surface area (Å²) < 4.78 is 0. The lowest BCUT2D eigenvalue weighted by Gasteiger charge is -2.26. The van der Waals surface area contributed by atoms with Crippen LogP contribution in [-0.2, 0) is 0 Å². The van der Waals surface area contributed by atoms with E-state index in [-0.39, 0.29) is 0 Å². The van der Waals surface area contributed by atoms with Gasteiger partial charge in [-0.2, -0.15) is 0 Å². The summed E-state index contributed by atoms with van der Waals surface area (Å²) in [7, 11) is 2.12. The molecule has 2 aliphatic heterocycles. The first kappa shape index (κ1) is 19.8. The third-order valence-electron chi connectivity index (χ3n) is 3.81. The maximum atomic E-state index is 5.68. The summed E-state index contributed by atoms with van der Waals surface area (Å²) in [5.41, 5.74) is 11.3. The van der Waals surface area contributed by atoms with Gasteiger partial charge in [-0.15, -0.1) is 0 Å². The van der Waals surface area contributed by atoms with Gasteiger partial charge in [0, 0.05) is 25.2 Å². The fraction of sp³-hybridized carbons (Fsp3) is 1.00. The number of nitrogens with zero attached hydrogens (tertiary/aromatic N) is 1. The van der Waals surface area contributed by atoms with Crippen LogP contribution in [0.15, 0.2) is 0 Å². The molecule has 0 bridgehead atoms. The zero-order valence-corrected chi connectivity index (χ0v) is 14.2. The van der Waals surface area contributed by atoms with Crippen molar-refractivity contribution in [1.82, 2.24) is 10.2 Å². The Balaban J connectivity index is 0.000000280. The quantitative estimate of drug-likeness (QED) is 0.687. The fourth-order valence-electron chi connectivity index (χ4n) is 2.09. The van der Waals surface area contributed by atoms with Gasteiger partial charge in [-0.25, -0.2) is 0 Å². The van der Waals surface area contributed by atoms with Crippen LogP contribution in [0.25, 0.3) is 0 Å². The Hall–Kier alpha value is -0.160. The molecule has 0 aromatic carbocycles. The van der Waals surface area contributed by atoms with Crippen molar-refractivity contribution < 1.29 is 0 Å². The fourth-order valence-corrected chi connectivity index (χ4v) is 2.09. The Morgan fingerprint density at radius 2 is 1.75 bits per heavy atom. The number of nitrogens with two attached hydrogens (primary N) is 2. The molecular formula is C16H38N4. The molecule has 0 amide bonds. The molecule has 2 saturated heterocycles. The van der Waals surface area contributed by atoms with Crippen molar-refractivity contribution in [3.8, 4) is 0 Å². The topological polar surface area (TPSA) is 67.3 Å². The molecule has 0 aromatic rings. The standard InChI is InChI=1S/C6H14N2.C5H12N2.C5H12/c1-8-4-2-3-6(7)5-8;6-5-2-1-3-7-4-5;1-4-5(2)3/h6H,2-5,7H2,1H3;5,7H,1-4,6H2;5H,4H2,1-3H3. The number of likely N-dealkylation sites (N-methyl/N-ethyl adjacent to an activating group) is 1. The van der Waals surface area contributed by atoms with Crippen LogP contribution in [0.4, 0.5) is 0 Å². The Morgan fingerprint density at radius 3 is 2.00 bits per heavy atom. The molecule has 2 heterocycles. The third-order valence-corrected chi connectivity index (χ3v) is 3.81. The molecular weight excluding hydrogens is 248 g/mol. The van der Waals surface area contributed by atoms with E-state index in [0.29, 0.717) is 12.1 Å². The summed E-state index contributed by atoms with van der Waals surface area (Å²) in [6.45, 7) is 11.1. The van der Waals surface area contributed by atoms with Crippen LogP contribution in [0, 0.1) is 5.92 Å². The number of nitrogens with one attached hydrogen (secondary N) is 1. The van der Waals surface area contributed by atoms with Crippen LogP contribution >= 0.6 is 0 Å². The van der Waals surface area contributed by atoms with Crippen LogP contribution in [0.1, 0.15) is 52.9 Å². The molecule has 2 fully saturated rings. The zero-order chi connectivity index (χ0) is 15.4. The lowest BCUT2D eigenvalue weighted by atomic mass is 10.1. The Morgan fingerprint density at radius 1 is 1.15 bits per heavy atom. The van der Waals surface area contributed by atoms with Crippen molar-refractivity contribution >= 4 is 0 Å². The van der Waals surface area contributed by atoms with E-state index in [4.69, 9.17) is 11.5 Å². The minimum absolute atomic E-state index is 0.425. The number of rotatable bonds is 1. The average molecular weight is 287 g/mol. The largest absolute Gasteiger partial charge is 0.327 e. The van der Waals surface area contributed by atoms with E-state index in [1.807, 2.05) is 0 Å².